The zero-order valence-electron chi connectivity index (χ0n) is 15.7. The zero-order valence-corrected chi connectivity index (χ0v) is 15.7. The number of hydrogen-bond acceptors (Lipinski definition) is 5. The standard InChI is InChI=1S/C22H19NO5/c1-12-10-18(24)20(22(25)28-12)19-16-9-8-15(27-3)11-17(16)23-21(19)13-4-6-14(26-2)7-5-13/h4-11,23-24H,1-3H3. The lowest BCUT2D eigenvalue weighted by Crippen LogP contribution is -2.04. The summed E-state index contributed by atoms with van der Waals surface area (Å²) in [5, 5.41) is 11.3. The monoisotopic (exact) mass is 377 g/mol. The fourth-order valence-electron chi connectivity index (χ4n) is 3.36. The number of fused-ring (bicyclic) bond motifs is 1. The molecule has 0 saturated carbocycles. The molecule has 2 N–H and O–H groups in total. The van der Waals surface area contributed by atoms with Gasteiger partial charge in [0.1, 0.15) is 28.6 Å². The van der Waals surface area contributed by atoms with Crippen LogP contribution >= 0.6 is 0 Å². The van der Waals surface area contributed by atoms with Crippen molar-refractivity contribution in [1.82, 2.24) is 4.98 Å². The zero-order chi connectivity index (χ0) is 19.8. The summed E-state index contributed by atoms with van der Waals surface area (Å²) in [6.45, 7) is 1.62. The van der Waals surface area contributed by atoms with E-state index in [2.05, 4.69) is 4.98 Å². The Morgan fingerprint density at radius 3 is 2.25 bits per heavy atom. The SMILES string of the molecule is COc1ccc(-c2[nH]c3cc(OC)ccc3c2-c2c(O)cc(C)oc2=O)cc1. The minimum atomic E-state index is -0.594. The number of aromatic amines is 1. The normalized spacial score (nSPS) is 11.0. The first-order valence-electron chi connectivity index (χ1n) is 8.70. The Labute approximate surface area is 161 Å². The van der Waals surface area contributed by atoms with E-state index in [1.807, 2.05) is 42.5 Å². The number of benzene rings is 2. The lowest BCUT2D eigenvalue weighted by atomic mass is 9.98. The van der Waals surface area contributed by atoms with Crippen LogP contribution in [0.2, 0.25) is 0 Å². The van der Waals surface area contributed by atoms with Crippen LogP contribution in [0, 0.1) is 6.92 Å². The smallest absolute Gasteiger partial charge is 0.347 e. The van der Waals surface area contributed by atoms with E-state index >= 15 is 0 Å². The van der Waals surface area contributed by atoms with Crippen molar-refractivity contribution in [3.05, 3.63) is 64.7 Å². The molecule has 6 nitrogen and oxygen atoms in total. The molecule has 0 atom stereocenters. The van der Waals surface area contributed by atoms with Gasteiger partial charge in [0.05, 0.1) is 25.4 Å². The Kier molecular flexibility index (Phi) is 4.31. The number of methoxy groups -OCH3 is 2. The Balaban J connectivity index is 2.06. The predicted octanol–water partition coefficient (Wildman–Crippen LogP) is 4.49. The third-order valence-electron chi connectivity index (χ3n) is 4.69. The van der Waals surface area contributed by atoms with E-state index in [1.54, 1.807) is 21.1 Å². The van der Waals surface area contributed by atoms with Crippen LogP contribution in [0.4, 0.5) is 0 Å². The molecule has 0 amide bonds. The highest BCUT2D eigenvalue weighted by atomic mass is 16.5. The molecule has 0 spiro atoms. The predicted molar refractivity (Wildman–Crippen MR) is 107 cm³/mol. The molecule has 28 heavy (non-hydrogen) atoms. The molecule has 2 aromatic carbocycles. The molecule has 0 fully saturated rings. The van der Waals surface area contributed by atoms with Crippen molar-refractivity contribution >= 4 is 10.9 Å². The molecule has 4 aromatic rings. The molecule has 142 valence electrons. The van der Waals surface area contributed by atoms with Crippen molar-refractivity contribution < 1.29 is 19.0 Å². The molecule has 4 rings (SSSR count). The Morgan fingerprint density at radius 1 is 0.929 bits per heavy atom. The molecule has 0 saturated heterocycles. The summed E-state index contributed by atoms with van der Waals surface area (Å²) in [6.07, 6.45) is 0. The third kappa shape index (κ3) is 2.89. The van der Waals surface area contributed by atoms with Gasteiger partial charge in [-0.05, 0) is 48.9 Å². The molecular weight excluding hydrogens is 358 g/mol. The highest BCUT2D eigenvalue weighted by molar-refractivity contribution is 6.05. The van der Waals surface area contributed by atoms with Crippen molar-refractivity contribution in [1.29, 1.82) is 0 Å². The van der Waals surface area contributed by atoms with Gasteiger partial charge in [-0.3, -0.25) is 0 Å². The van der Waals surface area contributed by atoms with Gasteiger partial charge in [-0.25, -0.2) is 4.79 Å². The van der Waals surface area contributed by atoms with Gasteiger partial charge < -0.3 is 24.0 Å². The average Bonchev–Trinajstić information content (AvgIpc) is 3.05. The quantitative estimate of drug-likeness (QED) is 0.547. The number of aromatic hydroxyl groups is 1. The highest BCUT2D eigenvalue weighted by Crippen LogP contribution is 2.41. The summed E-state index contributed by atoms with van der Waals surface area (Å²) in [5.74, 6) is 1.63. The van der Waals surface area contributed by atoms with Crippen LogP contribution in [-0.4, -0.2) is 24.3 Å². The highest BCUT2D eigenvalue weighted by Gasteiger charge is 2.22. The first kappa shape index (κ1) is 17.7. The number of hydrogen-bond donors (Lipinski definition) is 2. The van der Waals surface area contributed by atoms with Crippen LogP contribution in [0.25, 0.3) is 33.3 Å². The van der Waals surface area contributed by atoms with Gasteiger partial charge in [-0.15, -0.1) is 0 Å². The van der Waals surface area contributed by atoms with Crippen LogP contribution in [0.3, 0.4) is 0 Å². The molecular formula is C22H19NO5. The minimum absolute atomic E-state index is 0.118. The second kappa shape index (κ2) is 6.81. The van der Waals surface area contributed by atoms with E-state index < -0.39 is 5.63 Å². The van der Waals surface area contributed by atoms with E-state index in [0.29, 0.717) is 22.8 Å². The average molecular weight is 377 g/mol. The molecule has 6 heteroatoms. The molecule has 0 aliphatic heterocycles. The second-order valence-electron chi connectivity index (χ2n) is 6.42. The molecule has 2 heterocycles. The summed E-state index contributed by atoms with van der Waals surface area (Å²) in [4.78, 5) is 16.0. The van der Waals surface area contributed by atoms with Gasteiger partial charge in [0.2, 0.25) is 0 Å². The van der Waals surface area contributed by atoms with Crippen molar-refractivity contribution in [3.8, 4) is 39.6 Å². The van der Waals surface area contributed by atoms with Crippen LogP contribution in [0.15, 0.2) is 57.7 Å². The summed E-state index contributed by atoms with van der Waals surface area (Å²) < 4.78 is 15.8. The van der Waals surface area contributed by atoms with Gasteiger partial charge in [-0.2, -0.15) is 0 Å². The van der Waals surface area contributed by atoms with Gasteiger partial charge in [-0.1, -0.05) is 0 Å². The van der Waals surface area contributed by atoms with E-state index in [4.69, 9.17) is 13.9 Å². The summed E-state index contributed by atoms with van der Waals surface area (Å²) in [5.41, 5.74) is 2.41. The van der Waals surface area contributed by atoms with Gasteiger partial charge in [0.15, 0.2) is 0 Å². The van der Waals surface area contributed by atoms with Crippen molar-refractivity contribution in [2.24, 2.45) is 0 Å². The van der Waals surface area contributed by atoms with Crippen LogP contribution in [0.1, 0.15) is 5.76 Å². The van der Waals surface area contributed by atoms with Gasteiger partial charge in [0.25, 0.3) is 0 Å². The Hall–Kier alpha value is -3.67. The van der Waals surface area contributed by atoms with Gasteiger partial charge >= 0.3 is 5.63 Å². The maximum absolute atomic E-state index is 12.6. The Morgan fingerprint density at radius 2 is 1.61 bits per heavy atom. The first-order valence-corrected chi connectivity index (χ1v) is 8.70. The second-order valence-corrected chi connectivity index (χ2v) is 6.42. The van der Waals surface area contributed by atoms with Crippen molar-refractivity contribution in [2.45, 2.75) is 6.92 Å². The summed E-state index contributed by atoms with van der Waals surface area (Å²) in [7, 11) is 3.20. The van der Waals surface area contributed by atoms with Crippen molar-refractivity contribution in [2.75, 3.05) is 14.2 Å². The van der Waals surface area contributed by atoms with E-state index in [9.17, 15) is 9.90 Å². The number of rotatable bonds is 4. The topological polar surface area (TPSA) is 84.7 Å². The lowest BCUT2D eigenvalue weighted by Gasteiger charge is -2.08. The minimum Gasteiger partial charge on any atom is -0.507 e. The van der Waals surface area contributed by atoms with Crippen molar-refractivity contribution in [3.63, 3.8) is 0 Å². The molecule has 0 bridgehead atoms. The third-order valence-corrected chi connectivity index (χ3v) is 4.69. The Bertz CT molecular complexity index is 1220. The maximum Gasteiger partial charge on any atom is 0.347 e. The van der Waals surface area contributed by atoms with Gasteiger partial charge in [0, 0.05) is 23.1 Å². The number of ether oxygens (including phenoxy) is 2. The van der Waals surface area contributed by atoms with E-state index in [0.717, 1.165) is 22.2 Å². The number of aryl methyl sites for hydroxylation is 1. The van der Waals surface area contributed by atoms with E-state index in [-0.39, 0.29) is 11.3 Å². The number of aromatic nitrogens is 1. The van der Waals surface area contributed by atoms with Crippen LogP contribution in [-0.2, 0) is 0 Å². The van der Waals surface area contributed by atoms with Crippen LogP contribution in [0.5, 0.6) is 17.2 Å². The number of H-pyrrole nitrogens is 1. The first-order chi connectivity index (χ1) is 13.5. The summed E-state index contributed by atoms with van der Waals surface area (Å²) >= 11 is 0. The van der Waals surface area contributed by atoms with Crippen LogP contribution < -0.4 is 15.1 Å². The molecule has 0 aliphatic carbocycles. The maximum atomic E-state index is 12.6. The largest absolute Gasteiger partial charge is 0.507 e. The molecule has 0 radical (unpaired) electrons. The number of nitrogens with one attached hydrogen (secondary N) is 1. The lowest BCUT2D eigenvalue weighted by molar-refractivity contribution is 0.415. The summed E-state index contributed by atoms with van der Waals surface area (Å²) in [6, 6.07) is 14.4. The molecule has 2 aromatic heterocycles. The fraction of sp³-hybridized carbons (Fsp3) is 0.136. The van der Waals surface area contributed by atoms with E-state index in [1.165, 1.54) is 6.07 Å². The fourth-order valence-corrected chi connectivity index (χ4v) is 3.36. The molecule has 0 aliphatic rings. The molecule has 0 unspecified atom stereocenters.